The van der Waals surface area contributed by atoms with Crippen LogP contribution in [0.2, 0.25) is 0 Å². The third-order valence-corrected chi connectivity index (χ3v) is 2.52. The van der Waals surface area contributed by atoms with Crippen molar-refractivity contribution < 1.29 is 14.7 Å². The van der Waals surface area contributed by atoms with E-state index < -0.39 is 5.97 Å². The lowest BCUT2D eigenvalue weighted by molar-refractivity contribution is 0.0692. The quantitative estimate of drug-likeness (QED) is 0.837. The fourth-order valence-electron chi connectivity index (χ4n) is 1.68. The van der Waals surface area contributed by atoms with Gasteiger partial charge in [0.05, 0.1) is 5.56 Å². The normalized spacial score (nSPS) is 10.1. The third-order valence-electron chi connectivity index (χ3n) is 2.52. The first-order valence-electron chi connectivity index (χ1n) is 5.40. The number of carboxylic acid groups (broad SMARTS) is 1. The number of hydrogen-bond acceptors (Lipinski definition) is 3. The zero-order valence-electron chi connectivity index (χ0n) is 9.75. The van der Waals surface area contributed by atoms with Crippen LogP contribution in [0.15, 0.2) is 42.5 Å². The van der Waals surface area contributed by atoms with E-state index in [1.807, 2.05) is 0 Å². The van der Waals surface area contributed by atoms with Gasteiger partial charge in [0.2, 0.25) is 5.78 Å². The van der Waals surface area contributed by atoms with Gasteiger partial charge in [-0.15, -0.1) is 0 Å². The van der Waals surface area contributed by atoms with Gasteiger partial charge in [0, 0.05) is 11.3 Å². The van der Waals surface area contributed by atoms with E-state index in [1.54, 1.807) is 37.3 Å². The summed E-state index contributed by atoms with van der Waals surface area (Å²) in [5.41, 5.74) is 1.12. The number of carbonyl (C=O) groups is 2. The first kappa shape index (κ1) is 12.0. The number of aromatic carboxylic acids is 1. The second kappa shape index (κ2) is 4.79. The molecule has 0 aliphatic carbocycles. The van der Waals surface area contributed by atoms with Crippen LogP contribution in [0, 0.1) is 6.92 Å². The molecule has 0 amide bonds. The second-order valence-corrected chi connectivity index (χ2v) is 3.84. The van der Waals surface area contributed by atoms with Gasteiger partial charge in [0.25, 0.3) is 0 Å². The van der Waals surface area contributed by atoms with E-state index in [0.717, 1.165) is 0 Å². The summed E-state index contributed by atoms with van der Waals surface area (Å²) in [5, 5.41) is 9.04. The molecule has 1 aromatic carbocycles. The fourth-order valence-corrected chi connectivity index (χ4v) is 1.68. The van der Waals surface area contributed by atoms with Crippen LogP contribution in [0.4, 0.5) is 0 Å². The average molecular weight is 241 g/mol. The molecule has 4 heteroatoms. The Balaban J connectivity index is 2.50. The van der Waals surface area contributed by atoms with Crippen molar-refractivity contribution in [1.82, 2.24) is 4.98 Å². The van der Waals surface area contributed by atoms with E-state index in [-0.39, 0.29) is 22.6 Å². The summed E-state index contributed by atoms with van der Waals surface area (Å²) in [6.45, 7) is 1.78. The molecule has 0 fully saturated rings. The molecule has 1 N–H and O–H groups in total. The number of nitrogens with zero attached hydrogens (tertiary/aromatic N) is 1. The van der Waals surface area contributed by atoms with Crippen LogP contribution >= 0.6 is 0 Å². The molecule has 0 saturated carbocycles. The number of rotatable bonds is 3. The third kappa shape index (κ3) is 2.27. The SMILES string of the molecule is Cc1cccc(C(=O)c2ccccc2C(=O)O)n1. The molecule has 18 heavy (non-hydrogen) atoms. The molecule has 2 aromatic rings. The van der Waals surface area contributed by atoms with Crippen molar-refractivity contribution in [2.24, 2.45) is 0 Å². The van der Waals surface area contributed by atoms with Crippen LogP contribution < -0.4 is 0 Å². The molecule has 0 radical (unpaired) electrons. The minimum atomic E-state index is -1.12. The van der Waals surface area contributed by atoms with Crippen LogP contribution in [0.5, 0.6) is 0 Å². The Morgan fingerprint density at radius 1 is 1.00 bits per heavy atom. The Morgan fingerprint density at radius 2 is 1.67 bits per heavy atom. The summed E-state index contributed by atoms with van der Waals surface area (Å²) in [6, 6.07) is 11.2. The van der Waals surface area contributed by atoms with E-state index in [0.29, 0.717) is 5.69 Å². The monoisotopic (exact) mass is 241 g/mol. The average Bonchev–Trinajstić information content (AvgIpc) is 2.38. The molecule has 0 saturated heterocycles. The molecule has 4 nitrogen and oxygen atoms in total. The van der Waals surface area contributed by atoms with Gasteiger partial charge in [0.1, 0.15) is 5.69 Å². The Labute approximate surface area is 104 Å². The summed E-state index contributed by atoms with van der Waals surface area (Å²) in [6.07, 6.45) is 0. The van der Waals surface area contributed by atoms with Gasteiger partial charge in [0.15, 0.2) is 0 Å². The predicted octanol–water partition coefficient (Wildman–Crippen LogP) is 2.32. The van der Waals surface area contributed by atoms with E-state index >= 15 is 0 Å². The summed E-state index contributed by atoms with van der Waals surface area (Å²) >= 11 is 0. The van der Waals surface area contributed by atoms with Gasteiger partial charge in [-0.2, -0.15) is 0 Å². The number of benzene rings is 1. The van der Waals surface area contributed by atoms with Crippen LogP contribution in [0.1, 0.15) is 32.1 Å². The highest BCUT2D eigenvalue weighted by Gasteiger charge is 2.18. The minimum Gasteiger partial charge on any atom is -0.478 e. The summed E-state index contributed by atoms with van der Waals surface area (Å²) in [7, 11) is 0. The number of ketones is 1. The first-order valence-corrected chi connectivity index (χ1v) is 5.40. The Bertz CT molecular complexity index is 620. The van der Waals surface area contributed by atoms with Gasteiger partial charge in [-0.3, -0.25) is 4.79 Å². The number of aromatic nitrogens is 1. The van der Waals surface area contributed by atoms with Gasteiger partial charge < -0.3 is 5.11 Å². The van der Waals surface area contributed by atoms with E-state index in [1.165, 1.54) is 12.1 Å². The predicted molar refractivity (Wildman–Crippen MR) is 65.8 cm³/mol. The lowest BCUT2D eigenvalue weighted by Crippen LogP contribution is -2.11. The standard InChI is InChI=1S/C14H11NO3/c1-9-5-4-8-12(15-9)13(16)10-6-2-3-7-11(10)14(17)18/h2-8H,1H3,(H,17,18). The Kier molecular flexibility index (Phi) is 3.19. The van der Waals surface area contributed by atoms with Gasteiger partial charge in [-0.1, -0.05) is 24.3 Å². The van der Waals surface area contributed by atoms with Crippen molar-refractivity contribution in [2.75, 3.05) is 0 Å². The zero-order chi connectivity index (χ0) is 13.1. The number of aryl methyl sites for hydroxylation is 1. The van der Waals surface area contributed by atoms with E-state index in [2.05, 4.69) is 4.98 Å². The zero-order valence-corrected chi connectivity index (χ0v) is 9.75. The van der Waals surface area contributed by atoms with Gasteiger partial charge in [-0.25, -0.2) is 9.78 Å². The molecular weight excluding hydrogens is 230 g/mol. The molecule has 1 heterocycles. The van der Waals surface area contributed by atoms with Crippen molar-refractivity contribution in [3.63, 3.8) is 0 Å². The molecule has 0 aliphatic rings. The van der Waals surface area contributed by atoms with Crippen LogP contribution in [-0.4, -0.2) is 21.8 Å². The fraction of sp³-hybridized carbons (Fsp3) is 0.0714. The molecule has 0 aliphatic heterocycles. The highest BCUT2D eigenvalue weighted by molar-refractivity contribution is 6.13. The van der Waals surface area contributed by atoms with Crippen molar-refractivity contribution in [3.8, 4) is 0 Å². The number of carboxylic acids is 1. The smallest absolute Gasteiger partial charge is 0.336 e. The van der Waals surface area contributed by atoms with Crippen molar-refractivity contribution in [1.29, 1.82) is 0 Å². The number of hydrogen-bond donors (Lipinski definition) is 1. The lowest BCUT2D eigenvalue weighted by atomic mass is 10.0. The molecule has 2 rings (SSSR count). The lowest BCUT2D eigenvalue weighted by Gasteiger charge is -2.04. The van der Waals surface area contributed by atoms with Crippen molar-refractivity contribution in [3.05, 3.63) is 65.0 Å². The maximum Gasteiger partial charge on any atom is 0.336 e. The van der Waals surface area contributed by atoms with E-state index in [9.17, 15) is 9.59 Å². The highest BCUT2D eigenvalue weighted by atomic mass is 16.4. The maximum atomic E-state index is 12.2. The molecule has 90 valence electrons. The van der Waals surface area contributed by atoms with Crippen molar-refractivity contribution in [2.45, 2.75) is 6.92 Å². The molecule has 1 aromatic heterocycles. The first-order chi connectivity index (χ1) is 8.59. The maximum absolute atomic E-state index is 12.2. The van der Waals surface area contributed by atoms with Crippen LogP contribution in [-0.2, 0) is 0 Å². The molecule has 0 spiro atoms. The minimum absolute atomic E-state index is 0.00851. The molecule has 0 atom stereocenters. The molecule has 0 bridgehead atoms. The number of carbonyl (C=O) groups excluding carboxylic acids is 1. The van der Waals surface area contributed by atoms with Crippen LogP contribution in [0.25, 0.3) is 0 Å². The van der Waals surface area contributed by atoms with Gasteiger partial charge in [-0.05, 0) is 25.1 Å². The number of pyridine rings is 1. The van der Waals surface area contributed by atoms with E-state index in [4.69, 9.17) is 5.11 Å². The molecule has 0 unspecified atom stereocenters. The Morgan fingerprint density at radius 3 is 2.28 bits per heavy atom. The second-order valence-electron chi connectivity index (χ2n) is 3.84. The highest BCUT2D eigenvalue weighted by Crippen LogP contribution is 2.13. The van der Waals surface area contributed by atoms with Crippen LogP contribution in [0.3, 0.4) is 0 Å². The Hall–Kier alpha value is -2.49. The summed E-state index contributed by atoms with van der Waals surface area (Å²) in [5.74, 6) is -1.50. The van der Waals surface area contributed by atoms with Crippen molar-refractivity contribution >= 4 is 11.8 Å². The molecular formula is C14H11NO3. The topological polar surface area (TPSA) is 67.3 Å². The van der Waals surface area contributed by atoms with Gasteiger partial charge >= 0.3 is 5.97 Å². The largest absolute Gasteiger partial charge is 0.478 e. The summed E-state index contributed by atoms with van der Waals surface area (Å²) < 4.78 is 0. The summed E-state index contributed by atoms with van der Waals surface area (Å²) in [4.78, 5) is 27.4.